The third kappa shape index (κ3) is 3.27. The van der Waals surface area contributed by atoms with Crippen LogP contribution in [-0.2, 0) is 13.1 Å². The lowest BCUT2D eigenvalue weighted by Crippen LogP contribution is -2.44. The summed E-state index contributed by atoms with van der Waals surface area (Å²) in [5, 5.41) is 4.47. The van der Waals surface area contributed by atoms with Crippen LogP contribution in [0.1, 0.15) is 61.9 Å². The Hall–Kier alpha value is -1.86. The van der Waals surface area contributed by atoms with E-state index in [-0.39, 0.29) is 17.5 Å². The summed E-state index contributed by atoms with van der Waals surface area (Å²) in [5.41, 5.74) is 9.06. The number of aromatic nitrogens is 2. The first-order valence-corrected chi connectivity index (χ1v) is 9.54. The highest BCUT2D eigenvalue weighted by molar-refractivity contribution is 5.27. The molecule has 2 N–H and O–H groups in total. The van der Waals surface area contributed by atoms with Crippen LogP contribution in [0.5, 0.6) is 0 Å². The van der Waals surface area contributed by atoms with E-state index in [9.17, 15) is 13.2 Å². The predicted octanol–water partition coefficient (Wildman–Crippen LogP) is 3.86. The van der Waals surface area contributed by atoms with E-state index < -0.39 is 17.5 Å². The van der Waals surface area contributed by atoms with E-state index in [4.69, 9.17) is 5.73 Å². The fraction of sp³-hybridized carbons (Fsp3) is 0.550. The largest absolute Gasteiger partial charge is 0.327 e. The Morgan fingerprint density at radius 3 is 2.52 bits per heavy atom. The molecule has 0 saturated heterocycles. The van der Waals surface area contributed by atoms with Gasteiger partial charge in [0.2, 0.25) is 0 Å². The van der Waals surface area contributed by atoms with Gasteiger partial charge in [-0.05, 0) is 44.7 Å². The lowest BCUT2D eigenvalue weighted by molar-refractivity contribution is 0.134. The summed E-state index contributed by atoms with van der Waals surface area (Å²) >= 11 is 0. The lowest BCUT2D eigenvalue weighted by Gasteiger charge is -2.38. The molecule has 1 aromatic carbocycles. The van der Waals surface area contributed by atoms with Gasteiger partial charge >= 0.3 is 0 Å². The zero-order valence-electron chi connectivity index (χ0n) is 15.6. The monoisotopic (exact) mass is 378 g/mol. The molecular weight excluding hydrogens is 353 g/mol. The van der Waals surface area contributed by atoms with Crippen molar-refractivity contribution >= 4 is 0 Å². The van der Waals surface area contributed by atoms with E-state index in [1.807, 2.05) is 6.20 Å². The molecule has 0 bridgehead atoms. The number of hydrogen-bond acceptors (Lipinski definition) is 3. The third-order valence-corrected chi connectivity index (χ3v) is 6.03. The molecule has 4 rings (SSSR count). The molecule has 2 aromatic rings. The van der Waals surface area contributed by atoms with Crippen molar-refractivity contribution < 1.29 is 13.2 Å². The second kappa shape index (κ2) is 6.95. The van der Waals surface area contributed by atoms with E-state index in [1.54, 1.807) is 0 Å². The molecule has 4 nitrogen and oxygen atoms in total. The maximum Gasteiger partial charge on any atom is 0.161 e. The Balaban J connectivity index is 1.46. The highest BCUT2D eigenvalue weighted by Crippen LogP contribution is 2.38. The topological polar surface area (TPSA) is 47.1 Å². The minimum atomic E-state index is -1.16. The first-order chi connectivity index (χ1) is 12.8. The van der Waals surface area contributed by atoms with Gasteiger partial charge < -0.3 is 5.73 Å². The fourth-order valence-electron chi connectivity index (χ4n) is 4.62. The van der Waals surface area contributed by atoms with Gasteiger partial charge in [-0.15, -0.1) is 0 Å². The molecule has 1 unspecified atom stereocenters. The van der Waals surface area contributed by atoms with Crippen LogP contribution < -0.4 is 5.73 Å². The molecule has 1 aliphatic heterocycles. The zero-order valence-corrected chi connectivity index (χ0v) is 15.6. The lowest BCUT2D eigenvalue weighted by atomic mass is 9.77. The molecule has 0 amide bonds. The van der Waals surface area contributed by atoms with Crippen LogP contribution in [0, 0.1) is 17.5 Å². The van der Waals surface area contributed by atoms with Crippen LogP contribution in [0.4, 0.5) is 13.2 Å². The minimum Gasteiger partial charge on any atom is -0.327 e. The predicted molar refractivity (Wildman–Crippen MR) is 96.5 cm³/mol. The van der Waals surface area contributed by atoms with Crippen molar-refractivity contribution in [3.8, 4) is 0 Å². The quantitative estimate of drug-likeness (QED) is 0.825. The van der Waals surface area contributed by atoms with Gasteiger partial charge in [-0.3, -0.25) is 9.58 Å². The average molecular weight is 378 g/mol. The molecule has 146 valence electrons. The number of nitrogens with two attached hydrogens (primary N) is 1. The van der Waals surface area contributed by atoms with Crippen molar-refractivity contribution in [3.63, 3.8) is 0 Å². The van der Waals surface area contributed by atoms with Crippen LogP contribution in [0.25, 0.3) is 0 Å². The molecular formula is C20H25F3N4. The maximum atomic E-state index is 14.2. The van der Waals surface area contributed by atoms with Crippen LogP contribution in [0.3, 0.4) is 0 Å². The number of halogens is 3. The summed E-state index contributed by atoms with van der Waals surface area (Å²) in [6, 6.07) is 1.94. The molecule has 3 atom stereocenters. The molecule has 2 heterocycles. The van der Waals surface area contributed by atoms with Gasteiger partial charge in [-0.1, -0.05) is 0 Å². The summed E-state index contributed by atoms with van der Waals surface area (Å²) < 4.78 is 43.0. The van der Waals surface area contributed by atoms with E-state index in [1.165, 1.54) is 11.3 Å². The number of hydrogen-bond donors (Lipinski definition) is 1. The molecule has 0 spiro atoms. The summed E-state index contributed by atoms with van der Waals surface area (Å²) in [7, 11) is 0. The van der Waals surface area contributed by atoms with E-state index in [0.717, 1.165) is 25.6 Å². The molecule has 0 radical (unpaired) electrons. The Morgan fingerprint density at radius 2 is 1.81 bits per heavy atom. The van der Waals surface area contributed by atoms with Gasteiger partial charge in [0.1, 0.15) is 5.82 Å². The second-order valence-corrected chi connectivity index (χ2v) is 8.08. The Labute approximate surface area is 157 Å². The van der Waals surface area contributed by atoms with Gasteiger partial charge in [0.25, 0.3) is 0 Å². The highest BCUT2D eigenvalue weighted by atomic mass is 19.2. The fourth-order valence-corrected chi connectivity index (χ4v) is 4.62. The normalized spacial score (nSPS) is 26.0. The zero-order chi connectivity index (χ0) is 19.3. The van der Waals surface area contributed by atoms with Crippen molar-refractivity contribution in [1.82, 2.24) is 14.7 Å². The van der Waals surface area contributed by atoms with Gasteiger partial charge in [-0.2, -0.15) is 5.10 Å². The molecule has 2 aliphatic rings. The highest BCUT2D eigenvalue weighted by Gasteiger charge is 2.36. The summed E-state index contributed by atoms with van der Waals surface area (Å²) in [4.78, 5) is 2.41. The van der Waals surface area contributed by atoms with E-state index in [2.05, 4.69) is 28.5 Å². The van der Waals surface area contributed by atoms with Crippen LogP contribution in [0.2, 0.25) is 0 Å². The van der Waals surface area contributed by atoms with Crippen LogP contribution in [0.15, 0.2) is 18.3 Å². The summed E-state index contributed by atoms with van der Waals surface area (Å²) in [5.74, 6) is -3.17. The third-order valence-electron chi connectivity index (χ3n) is 6.03. The van der Waals surface area contributed by atoms with Gasteiger partial charge in [0.05, 0.1) is 11.9 Å². The van der Waals surface area contributed by atoms with Crippen molar-refractivity contribution in [2.24, 2.45) is 5.73 Å². The second-order valence-electron chi connectivity index (χ2n) is 8.08. The maximum absolute atomic E-state index is 14.2. The molecule has 27 heavy (non-hydrogen) atoms. The SMILES string of the molecule is CC(C)n1ncc2c1CN([C@H]1CC[C@H](c3cc(F)c(F)cc3F)C(N)C1)C2. The first kappa shape index (κ1) is 18.5. The Bertz CT molecular complexity index is 848. The molecule has 1 aliphatic carbocycles. The van der Waals surface area contributed by atoms with Gasteiger partial charge in [-0.25, -0.2) is 13.2 Å². The first-order valence-electron chi connectivity index (χ1n) is 9.54. The standard InChI is InChI=1S/C20H25F3N4/c1-11(2)27-20-10-26(9-12(20)8-25-27)13-3-4-14(19(24)5-13)15-6-17(22)18(23)7-16(15)21/h6-8,11,13-14,19H,3-5,9-10,24H2,1-2H3/t13-,14+,19?/m0/s1. The smallest absolute Gasteiger partial charge is 0.161 e. The summed E-state index contributed by atoms with van der Waals surface area (Å²) in [6.07, 6.45) is 4.17. The summed E-state index contributed by atoms with van der Waals surface area (Å²) in [6.45, 7) is 5.93. The number of fused-ring (bicyclic) bond motifs is 1. The number of rotatable bonds is 3. The minimum absolute atomic E-state index is 0.194. The van der Waals surface area contributed by atoms with Crippen molar-refractivity contribution in [2.45, 2.75) is 70.2 Å². The van der Waals surface area contributed by atoms with Crippen molar-refractivity contribution in [1.29, 1.82) is 0 Å². The molecule has 1 fully saturated rings. The van der Waals surface area contributed by atoms with Crippen LogP contribution in [-0.4, -0.2) is 26.8 Å². The number of benzene rings is 1. The number of nitrogens with zero attached hydrogens (tertiary/aromatic N) is 3. The Kier molecular flexibility index (Phi) is 4.76. The van der Waals surface area contributed by atoms with Gasteiger partial charge in [0, 0.05) is 48.8 Å². The average Bonchev–Trinajstić information content (AvgIpc) is 3.18. The Morgan fingerprint density at radius 1 is 1.07 bits per heavy atom. The van der Waals surface area contributed by atoms with Crippen molar-refractivity contribution in [2.75, 3.05) is 0 Å². The molecule has 1 aromatic heterocycles. The molecule has 7 heteroatoms. The van der Waals surface area contributed by atoms with Crippen LogP contribution >= 0.6 is 0 Å². The van der Waals surface area contributed by atoms with E-state index >= 15 is 0 Å². The molecule has 1 saturated carbocycles. The van der Waals surface area contributed by atoms with E-state index in [0.29, 0.717) is 31.0 Å². The van der Waals surface area contributed by atoms with Crippen molar-refractivity contribution in [3.05, 3.63) is 52.6 Å². The van der Waals surface area contributed by atoms with Gasteiger partial charge in [0.15, 0.2) is 11.6 Å².